The molecule has 0 atom stereocenters. The molecule has 0 aliphatic carbocycles. The Hall–Kier alpha value is -2.72. The average molecular weight is 407 g/mol. The number of hydrogen-bond donors (Lipinski definition) is 1. The quantitative estimate of drug-likeness (QED) is 0.654. The molecular weight excluding hydrogens is 389 g/mol. The first kappa shape index (κ1) is 21.6. The van der Waals surface area contributed by atoms with Crippen molar-refractivity contribution in [1.82, 2.24) is 14.8 Å². The third-order valence-corrected chi connectivity index (χ3v) is 3.98. The first-order chi connectivity index (χ1) is 13.0. The van der Waals surface area contributed by atoms with Crippen LogP contribution in [0.4, 0.5) is 22.0 Å². The molecule has 0 saturated carbocycles. The summed E-state index contributed by atoms with van der Waals surface area (Å²) >= 11 is 0. The fourth-order valence-electron chi connectivity index (χ4n) is 2.78. The van der Waals surface area contributed by atoms with Crippen molar-refractivity contribution < 1.29 is 36.6 Å². The molecule has 2 aromatic heterocycles. The van der Waals surface area contributed by atoms with E-state index in [1.54, 1.807) is 6.92 Å². The average Bonchev–Trinajstić information content (AvgIpc) is 2.90. The molecule has 6 nitrogen and oxygen atoms in total. The van der Waals surface area contributed by atoms with Crippen molar-refractivity contribution in [2.24, 2.45) is 0 Å². The Balaban J connectivity index is 2.45. The van der Waals surface area contributed by atoms with Gasteiger partial charge in [0.1, 0.15) is 5.75 Å². The summed E-state index contributed by atoms with van der Waals surface area (Å²) in [5, 5.41) is 13.2. The maximum absolute atomic E-state index is 12.9. The number of pyridine rings is 1. The number of hydrogen-bond acceptors (Lipinski definition) is 4. The summed E-state index contributed by atoms with van der Waals surface area (Å²) in [5.74, 6) is -1.58. The second-order valence-electron chi connectivity index (χ2n) is 5.96. The molecular formula is C17H18F5N3O3. The van der Waals surface area contributed by atoms with Crippen LogP contribution in [-0.4, -0.2) is 38.6 Å². The van der Waals surface area contributed by atoms with E-state index in [0.717, 1.165) is 6.07 Å². The van der Waals surface area contributed by atoms with Gasteiger partial charge in [0.25, 0.3) is 0 Å². The first-order valence-corrected chi connectivity index (χ1v) is 8.35. The summed E-state index contributed by atoms with van der Waals surface area (Å²) in [6.07, 6.45) is -4.49. The lowest BCUT2D eigenvalue weighted by atomic mass is 10.1. The summed E-state index contributed by atoms with van der Waals surface area (Å²) in [6.45, 7) is 0.238. The van der Waals surface area contributed by atoms with Crippen LogP contribution in [0.25, 0.3) is 11.3 Å². The van der Waals surface area contributed by atoms with Crippen LogP contribution >= 0.6 is 0 Å². The van der Waals surface area contributed by atoms with Crippen LogP contribution in [0.3, 0.4) is 0 Å². The van der Waals surface area contributed by atoms with Gasteiger partial charge in [-0.2, -0.15) is 27.1 Å². The zero-order valence-electron chi connectivity index (χ0n) is 15.1. The summed E-state index contributed by atoms with van der Waals surface area (Å²) in [7, 11) is 0. The smallest absolute Gasteiger partial charge is 0.389 e. The van der Waals surface area contributed by atoms with Gasteiger partial charge in [0.2, 0.25) is 0 Å². The van der Waals surface area contributed by atoms with Crippen molar-refractivity contribution in [1.29, 1.82) is 0 Å². The molecule has 1 N–H and O–H groups in total. The standard InChI is InChI=1S/C17H18F5N3O3/c1-3-25-14(9(2)13(24-25)15(26)27)11-8-23-10(5-4-6-17(20,21)22)7-12(11)28-16(18)19/h7-8,16H,3-6H2,1-2H3,(H,26,27). The lowest BCUT2D eigenvalue weighted by Gasteiger charge is -2.14. The minimum atomic E-state index is -4.32. The third kappa shape index (κ3) is 5.17. The van der Waals surface area contributed by atoms with Gasteiger partial charge in [0.15, 0.2) is 5.69 Å². The highest BCUT2D eigenvalue weighted by atomic mass is 19.4. The van der Waals surface area contributed by atoms with E-state index < -0.39 is 25.2 Å². The molecule has 2 rings (SSSR count). The number of ether oxygens (including phenoxy) is 1. The van der Waals surface area contributed by atoms with Gasteiger partial charge in [-0.05, 0) is 26.7 Å². The molecule has 2 aromatic rings. The van der Waals surface area contributed by atoms with E-state index >= 15 is 0 Å². The molecule has 0 saturated heterocycles. The Bertz CT molecular complexity index is 849. The van der Waals surface area contributed by atoms with Gasteiger partial charge in [-0.15, -0.1) is 0 Å². The van der Waals surface area contributed by atoms with Gasteiger partial charge >= 0.3 is 18.8 Å². The van der Waals surface area contributed by atoms with Crippen LogP contribution in [-0.2, 0) is 13.0 Å². The summed E-state index contributed by atoms with van der Waals surface area (Å²) < 4.78 is 68.4. The molecule has 0 bridgehead atoms. The number of alkyl halides is 5. The highest BCUT2D eigenvalue weighted by Crippen LogP contribution is 2.35. The van der Waals surface area contributed by atoms with Crippen LogP contribution in [0.2, 0.25) is 0 Å². The zero-order chi connectivity index (χ0) is 21.1. The SMILES string of the molecule is CCn1nc(C(=O)O)c(C)c1-c1cnc(CCCC(F)(F)F)cc1OC(F)F. The number of aromatic carboxylic acids is 1. The van der Waals surface area contributed by atoms with Crippen molar-refractivity contribution in [3.63, 3.8) is 0 Å². The highest BCUT2D eigenvalue weighted by Gasteiger charge is 2.27. The van der Waals surface area contributed by atoms with Crippen molar-refractivity contribution in [3.05, 3.63) is 29.2 Å². The fraction of sp³-hybridized carbons (Fsp3) is 0.471. The Labute approximate surface area is 156 Å². The van der Waals surface area contributed by atoms with E-state index in [4.69, 9.17) is 0 Å². The van der Waals surface area contributed by atoms with Gasteiger partial charge in [-0.25, -0.2) is 4.79 Å². The highest BCUT2D eigenvalue weighted by molar-refractivity contribution is 5.90. The minimum absolute atomic E-state index is 0.0776. The molecule has 0 unspecified atom stereocenters. The fourth-order valence-corrected chi connectivity index (χ4v) is 2.78. The van der Waals surface area contributed by atoms with Gasteiger partial charge in [0, 0.05) is 36.5 Å². The van der Waals surface area contributed by atoms with E-state index in [9.17, 15) is 31.9 Å². The van der Waals surface area contributed by atoms with Crippen molar-refractivity contribution in [2.45, 2.75) is 52.4 Å². The molecule has 0 amide bonds. The Morgan fingerprint density at radius 3 is 2.57 bits per heavy atom. The molecule has 28 heavy (non-hydrogen) atoms. The van der Waals surface area contributed by atoms with E-state index in [0.29, 0.717) is 0 Å². The molecule has 0 radical (unpaired) electrons. The number of carbonyl (C=O) groups is 1. The summed E-state index contributed by atoms with van der Waals surface area (Å²) in [6, 6.07) is 1.14. The largest absolute Gasteiger partial charge is 0.476 e. The summed E-state index contributed by atoms with van der Waals surface area (Å²) in [4.78, 5) is 15.3. The number of halogens is 5. The van der Waals surface area contributed by atoms with E-state index in [1.807, 2.05) is 0 Å². The molecule has 0 spiro atoms. The number of aryl methyl sites for hydroxylation is 2. The summed E-state index contributed by atoms with van der Waals surface area (Å²) in [5.41, 5.74) is 0.473. The minimum Gasteiger partial charge on any atom is -0.476 e. The van der Waals surface area contributed by atoms with Crippen LogP contribution in [0, 0.1) is 6.92 Å². The Morgan fingerprint density at radius 2 is 2.04 bits per heavy atom. The second kappa shape index (κ2) is 8.53. The normalized spacial score (nSPS) is 11.9. The number of aromatic nitrogens is 3. The monoisotopic (exact) mass is 407 g/mol. The number of carboxylic acid groups (broad SMARTS) is 1. The van der Waals surface area contributed by atoms with Gasteiger partial charge in [0.05, 0.1) is 11.3 Å². The van der Waals surface area contributed by atoms with Crippen molar-refractivity contribution >= 4 is 5.97 Å². The molecule has 2 heterocycles. The van der Waals surface area contributed by atoms with Crippen molar-refractivity contribution in [2.75, 3.05) is 0 Å². The maximum atomic E-state index is 12.9. The molecule has 154 valence electrons. The molecule has 0 fully saturated rings. The van der Waals surface area contributed by atoms with Gasteiger partial charge in [-0.1, -0.05) is 0 Å². The van der Waals surface area contributed by atoms with E-state index in [-0.39, 0.29) is 53.3 Å². The van der Waals surface area contributed by atoms with Crippen LogP contribution in [0.15, 0.2) is 12.3 Å². The topological polar surface area (TPSA) is 77.2 Å². The van der Waals surface area contributed by atoms with Gasteiger partial charge in [-0.3, -0.25) is 9.67 Å². The Kier molecular flexibility index (Phi) is 6.57. The predicted molar refractivity (Wildman–Crippen MR) is 88.5 cm³/mol. The lowest BCUT2D eigenvalue weighted by Crippen LogP contribution is -2.09. The molecule has 11 heteroatoms. The first-order valence-electron chi connectivity index (χ1n) is 8.35. The van der Waals surface area contributed by atoms with Crippen molar-refractivity contribution in [3.8, 4) is 17.0 Å². The third-order valence-electron chi connectivity index (χ3n) is 3.98. The van der Waals surface area contributed by atoms with Crippen LogP contribution in [0.1, 0.15) is 41.5 Å². The van der Waals surface area contributed by atoms with E-state index in [1.165, 1.54) is 17.8 Å². The predicted octanol–water partition coefficient (Wildman–Crippen LogP) is 4.46. The Morgan fingerprint density at radius 1 is 1.36 bits per heavy atom. The van der Waals surface area contributed by atoms with Crippen LogP contribution in [0.5, 0.6) is 5.75 Å². The molecule has 0 aliphatic heterocycles. The molecule has 0 aromatic carbocycles. The zero-order valence-corrected chi connectivity index (χ0v) is 15.1. The van der Waals surface area contributed by atoms with E-state index in [2.05, 4.69) is 14.8 Å². The number of rotatable bonds is 8. The number of nitrogens with zero attached hydrogens (tertiary/aromatic N) is 3. The number of carboxylic acids is 1. The molecule has 0 aliphatic rings. The van der Waals surface area contributed by atoms with Gasteiger partial charge < -0.3 is 9.84 Å². The van der Waals surface area contributed by atoms with Crippen LogP contribution < -0.4 is 4.74 Å². The second-order valence-corrected chi connectivity index (χ2v) is 5.96. The maximum Gasteiger partial charge on any atom is 0.389 e. The lowest BCUT2D eigenvalue weighted by molar-refractivity contribution is -0.135.